The van der Waals surface area contributed by atoms with Crippen LogP contribution in [-0.2, 0) is 17.6 Å². The molecule has 1 aromatic heterocycles. The van der Waals surface area contributed by atoms with Crippen molar-refractivity contribution in [3.63, 3.8) is 0 Å². The van der Waals surface area contributed by atoms with Crippen LogP contribution in [0.15, 0.2) is 0 Å². The zero-order chi connectivity index (χ0) is 14.5. The zero-order valence-corrected chi connectivity index (χ0v) is 12.6. The molecule has 4 nitrogen and oxygen atoms in total. The third-order valence-corrected chi connectivity index (χ3v) is 5.38. The molecule has 2 N–H and O–H groups in total. The second kappa shape index (κ2) is 4.58. The van der Waals surface area contributed by atoms with Crippen LogP contribution in [0, 0.1) is 11.3 Å². The number of aromatic carboxylic acids is 1. The quantitative estimate of drug-likeness (QED) is 0.898. The topological polar surface area (TPSA) is 66.4 Å². The Morgan fingerprint density at radius 3 is 2.65 bits per heavy atom. The van der Waals surface area contributed by atoms with Crippen molar-refractivity contribution in [3.8, 4) is 0 Å². The Balaban J connectivity index is 1.96. The minimum Gasteiger partial charge on any atom is -0.478 e. The lowest BCUT2D eigenvalue weighted by Gasteiger charge is -2.29. The monoisotopic (exact) mass is 293 g/mol. The van der Waals surface area contributed by atoms with Crippen LogP contribution in [0.3, 0.4) is 0 Å². The van der Waals surface area contributed by atoms with E-state index in [0.29, 0.717) is 10.6 Å². The number of thiophene rings is 1. The van der Waals surface area contributed by atoms with Crippen molar-refractivity contribution in [1.29, 1.82) is 0 Å². The van der Waals surface area contributed by atoms with Crippen LogP contribution in [0.1, 0.15) is 53.9 Å². The van der Waals surface area contributed by atoms with Crippen molar-refractivity contribution >= 4 is 28.2 Å². The van der Waals surface area contributed by atoms with Gasteiger partial charge >= 0.3 is 5.97 Å². The van der Waals surface area contributed by atoms with Gasteiger partial charge in [0, 0.05) is 10.8 Å². The normalized spacial score (nSPS) is 20.3. The summed E-state index contributed by atoms with van der Waals surface area (Å²) in [6.45, 7) is 4.34. The summed E-state index contributed by atoms with van der Waals surface area (Å²) in [5.41, 5.74) is 1.40. The van der Waals surface area contributed by atoms with Gasteiger partial charge in [-0.05, 0) is 43.1 Å². The highest BCUT2D eigenvalue weighted by molar-refractivity contribution is 7.17. The van der Waals surface area contributed by atoms with E-state index >= 15 is 0 Å². The van der Waals surface area contributed by atoms with Gasteiger partial charge in [0.1, 0.15) is 5.00 Å². The summed E-state index contributed by atoms with van der Waals surface area (Å²) >= 11 is 1.45. The summed E-state index contributed by atoms with van der Waals surface area (Å²) in [5, 5.41) is 12.9. The van der Waals surface area contributed by atoms with E-state index in [1.165, 1.54) is 11.3 Å². The molecule has 0 atom stereocenters. The van der Waals surface area contributed by atoms with Gasteiger partial charge in [-0.15, -0.1) is 11.3 Å². The van der Waals surface area contributed by atoms with E-state index in [1.54, 1.807) is 0 Å². The molecule has 5 heteroatoms. The minimum absolute atomic E-state index is 0.0228. The second-order valence-electron chi connectivity index (χ2n) is 6.62. The molecule has 1 aromatic rings. The molecule has 0 aliphatic heterocycles. The number of hydrogen-bond donors (Lipinski definition) is 2. The van der Waals surface area contributed by atoms with E-state index in [0.717, 1.165) is 42.5 Å². The van der Waals surface area contributed by atoms with Crippen LogP contribution < -0.4 is 5.32 Å². The van der Waals surface area contributed by atoms with Crippen LogP contribution in [0.25, 0.3) is 0 Å². The van der Waals surface area contributed by atoms with Gasteiger partial charge in [-0.3, -0.25) is 4.79 Å². The largest absolute Gasteiger partial charge is 0.478 e. The fourth-order valence-corrected chi connectivity index (χ4v) is 4.01. The maximum atomic E-state index is 11.9. The lowest BCUT2D eigenvalue weighted by Crippen LogP contribution is -2.22. The first-order chi connectivity index (χ1) is 9.37. The highest BCUT2D eigenvalue weighted by atomic mass is 32.1. The number of amides is 1. The zero-order valence-electron chi connectivity index (χ0n) is 11.8. The maximum Gasteiger partial charge on any atom is 0.339 e. The molecule has 1 amide bonds. The van der Waals surface area contributed by atoms with Gasteiger partial charge in [0.15, 0.2) is 0 Å². The number of anilines is 1. The number of fused-ring (bicyclic) bond motifs is 1. The molecule has 2 aliphatic carbocycles. The van der Waals surface area contributed by atoms with E-state index in [9.17, 15) is 14.7 Å². The lowest BCUT2D eigenvalue weighted by molar-refractivity contribution is -0.117. The Kier molecular flexibility index (Phi) is 3.12. The second-order valence-corrected chi connectivity index (χ2v) is 7.72. The summed E-state index contributed by atoms with van der Waals surface area (Å²) in [6.07, 6.45) is 4.60. The van der Waals surface area contributed by atoms with Gasteiger partial charge in [0.25, 0.3) is 0 Å². The summed E-state index contributed by atoms with van der Waals surface area (Å²) in [4.78, 5) is 24.6. The predicted octanol–water partition coefficient (Wildman–Crippen LogP) is 3.31. The minimum atomic E-state index is -0.925. The van der Waals surface area contributed by atoms with E-state index in [4.69, 9.17) is 0 Å². The number of carbonyl (C=O) groups is 2. The van der Waals surface area contributed by atoms with E-state index in [2.05, 4.69) is 19.2 Å². The molecule has 0 aromatic carbocycles. The van der Waals surface area contributed by atoms with Crippen LogP contribution in [0.4, 0.5) is 5.00 Å². The summed E-state index contributed by atoms with van der Waals surface area (Å²) < 4.78 is 0. The van der Waals surface area contributed by atoms with E-state index in [-0.39, 0.29) is 17.2 Å². The molecule has 0 radical (unpaired) electrons. The van der Waals surface area contributed by atoms with Crippen LogP contribution in [0.2, 0.25) is 0 Å². The van der Waals surface area contributed by atoms with Gasteiger partial charge in [0.2, 0.25) is 5.91 Å². The van der Waals surface area contributed by atoms with Crippen molar-refractivity contribution in [2.75, 3.05) is 5.32 Å². The van der Waals surface area contributed by atoms with Crippen LogP contribution >= 0.6 is 11.3 Å². The Morgan fingerprint density at radius 2 is 2.05 bits per heavy atom. The Hall–Kier alpha value is -1.36. The van der Waals surface area contributed by atoms with Crippen molar-refractivity contribution in [2.45, 2.75) is 46.0 Å². The third kappa shape index (κ3) is 2.46. The van der Waals surface area contributed by atoms with Gasteiger partial charge in [0.05, 0.1) is 5.56 Å². The maximum absolute atomic E-state index is 11.9. The number of carbonyl (C=O) groups excluding carboxylic acids is 1. The summed E-state index contributed by atoms with van der Waals surface area (Å²) in [7, 11) is 0. The third-order valence-electron chi connectivity index (χ3n) is 4.17. The Labute approximate surface area is 122 Å². The average molecular weight is 293 g/mol. The molecule has 1 heterocycles. The first kappa shape index (κ1) is 13.6. The fourth-order valence-electron chi connectivity index (χ4n) is 2.79. The molecule has 108 valence electrons. The first-order valence-corrected chi connectivity index (χ1v) is 7.88. The highest BCUT2D eigenvalue weighted by Crippen LogP contribution is 2.44. The van der Waals surface area contributed by atoms with Crippen molar-refractivity contribution in [2.24, 2.45) is 11.3 Å². The SMILES string of the molecule is CC1(C)CCc2sc(NC(=O)C3CC3)c(C(=O)O)c2C1. The van der Waals surface area contributed by atoms with E-state index < -0.39 is 5.97 Å². The molecule has 0 spiro atoms. The Morgan fingerprint density at radius 1 is 1.35 bits per heavy atom. The molecule has 3 rings (SSSR count). The smallest absolute Gasteiger partial charge is 0.339 e. The van der Waals surface area contributed by atoms with Crippen LogP contribution in [0.5, 0.6) is 0 Å². The number of hydrogen-bond acceptors (Lipinski definition) is 3. The van der Waals surface area contributed by atoms with Gasteiger partial charge in [-0.25, -0.2) is 4.79 Å². The van der Waals surface area contributed by atoms with Crippen molar-refractivity contribution in [1.82, 2.24) is 0 Å². The number of carboxylic acids is 1. The lowest BCUT2D eigenvalue weighted by atomic mass is 9.76. The van der Waals surface area contributed by atoms with Gasteiger partial charge in [-0.2, -0.15) is 0 Å². The molecule has 0 unspecified atom stereocenters. The number of rotatable bonds is 3. The number of nitrogens with one attached hydrogen (secondary N) is 1. The number of carboxylic acid groups (broad SMARTS) is 1. The van der Waals surface area contributed by atoms with Crippen LogP contribution in [-0.4, -0.2) is 17.0 Å². The molecular formula is C15H19NO3S. The molecule has 0 bridgehead atoms. The standard InChI is InChI=1S/C15H19NO3S/c1-15(2)6-5-10-9(7-15)11(14(18)19)13(20-10)16-12(17)8-3-4-8/h8H,3-7H2,1-2H3,(H,16,17)(H,18,19). The van der Waals surface area contributed by atoms with E-state index in [1.807, 2.05) is 0 Å². The Bertz CT molecular complexity index is 584. The van der Waals surface area contributed by atoms with Crippen molar-refractivity contribution in [3.05, 3.63) is 16.0 Å². The first-order valence-electron chi connectivity index (χ1n) is 7.06. The predicted molar refractivity (Wildman–Crippen MR) is 78.4 cm³/mol. The molecular weight excluding hydrogens is 274 g/mol. The molecule has 1 fully saturated rings. The van der Waals surface area contributed by atoms with Gasteiger partial charge < -0.3 is 10.4 Å². The van der Waals surface area contributed by atoms with Gasteiger partial charge in [-0.1, -0.05) is 13.8 Å². The van der Waals surface area contributed by atoms with Crippen molar-refractivity contribution < 1.29 is 14.7 Å². The molecule has 20 heavy (non-hydrogen) atoms. The molecule has 0 saturated heterocycles. The average Bonchev–Trinajstić information content (AvgIpc) is 3.11. The fraction of sp³-hybridized carbons (Fsp3) is 0.600. The number of aryl methyl sites for hydroxylation is 1. The highest BCUT2D eigenvalue weighted by Gasteiger charge is 2.35. The molecule has 1 saturated carbocycles. The summed E-state index contributed by atoms with van der Waals surface area (Å²) in [6, 6.07) is 0. The molecule has 2 aliphatic rings. The summed E-state index contributed by atoms with van der Waals surface area (Å²) in [5.74, 6) is -0.858.